The Morgan fingerprint density at radius 3 is 2.32 bits per heavy atom. The molecule has 0 aliphatic carbocycles. The van der Waals surface area contributed by atoms with Crippen LogP contribution in [0.25, 0.3) is 22.0 Å². The zero-order valence-electron chi connectivity index (χ0n) is 15.4. The molecule has 0 aliphatic heterocycles. The molecule has 0 atom stereocenters. The van der Waals surface area contributed by atoms with Gasteiger partial charge in [0.25, 0.3) is 0 Å². The quantitative estimate of drug-likeness (QED) is 0.303. The zero-order valence-corrected chi connectivity index (χ0v) is 16.2. The Kier molecular flexibility index (Phi) is 5.53. The summed E-state index contributed by atoms with van der Waals surface area (Å²) in [6.07, 6.45) is 0. The van der Waals surface area contributed by atoms with Gasteiger partial charge in [-0.15, -0.1) is 22.0 Å². The fraction of sp³-hybridized carbons (Fsp3) is 0.130. The lowest BCUT2D eigenvalue weighted by Gasteiger charge is -2.10. The highest BCUT2D eigenvalue weighted by atomic mass is 32.2. The Morgan fingerprint density at radius 1 is 0.857 bits per heavy atom. The topological polar surface area (TPSA) is 35.0 Å². The van der Waals surface area contributed by atoms with Crippen LogP contribution in [0.4, 0.5) is 4.39 Å². The highest BCUT2D eigenvalue weighted by Crippen LogP contribution is 2.31. The molecule has 0 bridgehead atoms. The lowest BCUT2D eigenvalue weighted by atomic mass is 10.1. The molecule has 3 aromatic carbocycles. The lowest BCUT2D eigenvalue weighted by molar-refractivity contribution is 0.344. The highest BCUT2D eigenvalue weighted by molar-refractivity contribution is 7.99. The van der Waals surface area contributed by atoms with Gasteiger partial charge in [-0.25, -0.2) is 4.39 Å². The average Bonchev–Trinajstić information content (AvgIpc) is 2.73. The number of aryl methyl sites for hydroxylation is 1. The number of ether oxygens (including phenoxy) is 1. The van der Waals surface area contributed by atoms with E-state index in [1.54, 1.807) is 23.9 Å². The van der Waals surface area contributed by atoms with Crippen molar-refractivity contribution in [1.82, 2.24) is 10.2 Å². The number of fused-ring (bicyclic) bond motifs is 1. The third kappa shape index (κ3) is 4.15. The smallest absolute Gasteiger partial charge is 0.127 e. The number of nitrogens with zero attached hydrogens (tertiary/aromatic N) is 2. The molecule has 1 heterocycles. The predicted octanol–water partition coefficient (Wildman–Crippen LogP) is 5.92. The van der Waals surface area contributed by atoms with E-state index in [1.807, 2.05) is 48.5 Å². The molecule has 0 aliphatic rings. The fourth-order valence-electron chi connectivity index (χ4n) is 2.94. The first-order chi connectivity index (χ1) is 13.7. The van der Waals surface area contributed by atoms with Crippen molar-refractivity contribution in [3.63, 3.8) is 0 Å². The standard InChI is InChI=1S/C23H19FN2OS/c1-16-6-12-19(13-7-16)27-14-15-28-23-21-5-3-2-4-20(21)22(25-26-23)17-8-10-18(24)11-9-17/h2-13H,14-15H2,1H3. The molecule has 4 rings (SSSR count). The molecule has 5 heteroatoms. The van der Waals surface area contributed by atoms with Crippen LogP contribution in [0.1, 0.15) is 5.56 Å². The van der Waals surface area contributed by atoms with E-state index in [0.29, 0.717) is 6.61 Å². The Bertz CT molecular complexity index is 1080. The van der Waals surface area contributed by atoms with Crippen LogP contribution in [0, 0.1) is 12.7 Å². The van der Waals surface area contributed by atoms with Crippen molar-refractivity contribution in [2.24, 2.45) is 0 Å². The van der Waals surface area contributed by atoms with Gasteiger partial charge in [-0.05, 0) is 43.3 Å². The minimum atomic E-state index is -0.262. The summed E-state index contributed by atoms with van der Waals surface area (Å²) in [5, 5.41) is 11.8. The summed E-state index contributed by atoms with van der Waals surface area (Å²) < 4.78 is 19.0. The van der Waals surface area contributed by atoms with Gasteiger partial charge in [-0.1, -0.05) is 42.0 Å². The van der Waals surface area contributed by atoms with Gasteiger partial charge in [0.15, 0.2) is 0 Å². The Balaban J connectivity index is 1.51. The number of aromatic nitrogens is 2. The van der Waals surface area contributed by atoms with Crippen molar-refractivity contribution in [1.29, 1.82) is 0 Å². The molecule has 0 spiro atoms. The predicted molar refractivity (Wildman–Crippen MR) is 112 cm³/mol. The summed E-state index contributed by atoms with van der Waals surface area (Å²) in [5.74, 6) is 1.37. The van der Waals surface area contributed by atoms with Crippen LogP contribution in [0.3, 0.4) is 0 Å². The van der Waals surface area contributed by atoms with E-state index in [1.165, 1.54) is 17.7 Å². The van der Waals surface area contributed by atoms with Crippen LogP contribution in [0.2, 0.25) is 0 Å². The maximum Gasteiger partial charge on any atom is 0.127 e. The summed E-state index contributed by atoms with van der Waals surface area (Å²) in [7, 11) is 0. The van der Waals surface area contributed by atoms with Gasteiger partial charge in [-0.2, -0.15) is 0 Å². The third-order valence-corrected chi connectivity index (χ3v) is 5.33. The van der Waals surface area contributed by atoms with Gasteiger partial charge in [0, 0.05) is 22.1 Å². The molecule has 0 fully saturated rings. The number of thioether (sulfide) groups is 1. The first-order valence-electron chi connectivity index (χ1n) is 9.04. The van der Waals surface area contributed by atoms with E-state index in [0.717, 1.165) is 38.6 Å². The van der Waals surface area contributed by atoms with Crippen LogP contribution < -0.4 is 4.74 Å². The first-order valence-corrected chi connectivity index (χ1v) is 10.0. The molecule has 0 amide bonds. The average molecular weight is 390 g/mol. The summed E-state index contributed by atoms with van der Waals surface area (Å²) in [6.45, 7) is 2.64. The van der Waals surface area contributed by atoms with Crippen molar-refractivity contribution >= 4 is 22.5 Å². The van der Waals surface area contributed by atoms with Crippen LogP contribution in [0.15, 0.2) is 77.8 Å². The molecule has 0 saturated heterocycles. The molecule has 0 radical (unpaired) electrons. The zero-order chi connectivity index (χ0) is 19.3. The van der Waals surface area contributed by atoms with Gasteiger partial charge < -0.3 is 4.74 Å². The normalized spacial score (nSPS) is 10.9. The Hall–Kier alpha value is -2.92. The number of hydrogen-bond acceptors (Lipinski definition) is 4. The Morgan fingerprint density at radius 2 is 1.57 bits per heavy atom. The van der Waals surface area contributed by atoms with E-state index in [4.69, 9.17) is 4.74 Å². The van der Waals surface area contributed by atoms with Crippen LogP contribution >= 0.6 is 11.8 Å². The second-order valence-electron chi connectivity index (χ2n) is 6.42. The fourth-order valence-corrected chi connectivity index (χ4v) is 3.73. The minimum Gasteiger partial charge on any atom is -0.493 e. The van der Waals surface area contributed by atoms with E-state index in [9.17, 15) is 4.39 Å². The number of rotatable bonds is 6. The molecule has 4 aromatic rings. The maximum atomic E-state index is 13.2. The molecule has 1 aromatic heterocycles. The van der Waals surface area contributed by atoms with Gasteiger partial charge in [0.2, 0.25) is 0 Å². The second-order valence-corrected chi connectivity index (χ2v) is 7.50. The summed E-state index contributed by atoms with van der Waals surface area (Å²) in [6, 6.07) is 22.4. The van der Waals surface area contributed by atoms with E-state index in [-0.39, 0.29) is 5.82 Å². The van der Waals surface area contributed by atoms with E-state index >= 15 is 0 Å². The van der Waals surface area contributed by atoms with Crippen LogP contribution in [-0.4, -0.2) is 22.6 Å². The summed E-state index contributed by atoms with van der Waals surface area (Å²) >= 11 is 1.62. The maximum absolute atomic E-state index is 13.2. The SMILES string of the molecule is Cc1ccc(OCCSc2nnc(-c3ccc(F)cc3)c3ccccc23)cc1. The van der Waals surface area contributed by atoms with Gasteiger partial charge in [0.1, 0.15) is 22.3 Å². The molecule has 0 unspecified atom stereocenters. The molecule has 140 valence electrons. The van der Waals surface area contributed by atoms with Crippen molar-refractivity contribution < 1.29 is 9.13 Å². The highest BCUT2D eigenvalue weighted by Gasteiger charge is 2.11. The number of halogens is 1. The Labute approximate surface area is 167 Å². The molecule has 28 heavy (non-hydrogen) atoms. The van der Waals surface area contributed by atoms with E-state index < -0.39 is 0 Å². The third-order valence-electron chi connectivity index (χ3n) is 4.38. The monoisotopic (exact) mass is 390 g/mol. The van der Waals surface area contributed by atoms with Gasteiger partial charge >= 0.3 is 0 Å². The van der Waals surface area contributed by atoms with Gasteiger partial charge in [-0.3, -0.25) is 0 Å². The number of hydrogen-bond donors (Lipinski definition) is 0. The summed E-state index contributed by atoms with van der Waals surface area (Å²) in [5.41, 5.74) is 2.82. The van der Waals surface area contributed by atoms with Crippen LogP contribution in [0.5, 0.6) is 5.75 Å². The van der Waals surface area contributed by atoms with E-state index in [2.05, 4.69) is 17.1 Å². The van der Waals surface area contributed by atoms with Crippen LogP contribution in [-0.2, 0) is 0 Å². The van der Waals surface area contributed by atoms with Crippen molar-refractivity contribution in [3.05, 3.63) is 84.2 Å². The first kappa shape index (κ1) is 18.4. The summed E-state index contributed by atoms with van der Waals surface area (Å²) in [4.78, 5) is 0. The van der Waals surface area contributed by atoms with Gasteiger partial charge in [0.05, 0.1) is 6.61 Å². The van der Waals surface area contributed by atoms with Crippen molar-refractivity contribution in [2.75, 3.05) is 12.4 Å². The number of benzene rings is 3. The lowest BCUT2D eigenvalue weighted by Crippen LogP contribution is -2.01. The second kappa shape index (κ2) is 8.40. The van der Waals surface area contributed by atoms with Crippen molar-refractivity contribution in [3.8, 4) is 17.0 Å². The minimum absolute atomic E-state index is 0.262. The molecular formula is C23H19FN2OS. The molecule has 0 saturated carbocycles. The molecular weight excluding hydrogens is 371 g/mol. The molecule has 3 nitrogen and oxygen atoms in total. The largest absolute Gasteiger partial charge is 0.493 e. The van der Waals surface area contributed by atoms with Crippen molar-refractivity contribution in [2.45, 2.75) is 11.9 Å². The molecule has 0 N–H and O–H groups in total.